The topological polar surface area (TPSA) is 74.9 Å². The number of hydrogen-bond donors (Lipinski definition) is 1. The van der Waals surface area contributed by atoms with Crippen molar-refractivity contribution in [3.05, 3.63) is 53.9 Å². The second-order valence-corrected chi connectivity index (χ2v) is 5.85. The van der Waals surface area contributed by atoms with Gasteiger partial charge in [-0.3, -0.25) is 4.79 Å². The van der Waals surface area contributed by atoms with Gasteiger partial charge in [0, 0.05) is 37.1 Å². The van der Waals surface area contributed by atoms with Crippen LogP contribution in [0.2, 0.25) is 0 Å². The highest BCUT2D eigenvalue weighted by Gasteiger charge is 2.22. The SMILES string of the molecule is CC(=O)N1CCc2cc(-c3cn4cccc(C(=O)O)c4n3)ccc21. The van der Waals surface area contributed by atoms with Crippen LogP contribution < -0.4 is 4.90 Å². The molecule has 0 unspecified atom stereocenters. The molecule has 4 rings (SSSR count). The standard InChI is InChI=1S/C18H15N3O3/c1-11(22)21-8-6-13-9-12(4-5-16(13)21)15-10-20-7-2-3-14(18(23)24)17(20)19-15/h2-5,7,9-10H,6,8H2,1H3,(H,23,24). The molecule has 0 bridgehead atoms. The molecule has 24 heavy (non-hydrogen) atoms. The number of fused-ring (bicyclic) bond motifs is 2. The Morgan fingerprint density at radius 2 is 2.08 bits per heavy atom. The number of carbonyl (C=O) groups excluding carboxylic acids is 1. The van der Waals surface area contributed by atoms with E-state index in [0.717, 1.165) is 23.2 Å². The minimum Gasteiger partial charge on any atom is -0.478 e. The molecule has 0 fully saturated rings. The largest absolute Gasteiger partial charge is 0.478 e. The Hall–Kier alpha value is -3.15. The van der Waals surface area contributed by atoms with Crippen molar-refractivity contribution in [2.24, 2.45) is 0 Å². The summed E-state index contributed by atoms with van der Waals surface area (Å²) in [5.41, 5.74) is 4.28. The van der Waals surface area contributed by atoms with E-state index in [1.807, 2.05) is 24.4 Å². The molecule has 120 valence electrons. The van der Waals surface area contributed by atoms with Crippen LogP contribution in [-0.4, -0.2) is 32.9 Å². The number of pyridine rings is 1. The van der Waals surface area contributed by atoms with E-state index < -0.39 is 5.97 Å². The van der Waals surface area contributed by atoms with Crippen LogP contribution in [0.3, 0.4) is 0 Å². The lowest BCUT2D eigenvalue weighted by molar-refractivity contribution is -0.116. The normalized spacial score (nSPS) is 13.3. The molecule has 0 spiro atoms. The van der Waals surface area contributed by atoms with E-state index in [9.17, 15) is 14.7 Å². The van der Waals surface area contributed by atoms with Gasteiger partial charge in [0.15, 0.2) is 5.65 Å². The van der Waals surface area contributed by atoms with Gasteiger partial charge in [0.1, 0.15) is 5.56 Å². The van der Waals surface area contributed by atoms with Crippen molar-refractivity contribution in [3.63, 3.8) is 0 Å². The van der Waals surface area contributed by atoms with Crippen molar-refractivity contribution in [1.29, 1.82) is 0 Å². The first-order valence-corrected chi connectivity index (χ1v) is 7.67. The van der Waals surface area contributed by atoms with E-state index >= 15 is 0 Å². The predicted octanol–water partition coefficient (Wildman–Crippen LogP) is 2.61. The van der Waals surface area contributed by atoms with Crippen molar-refractivity contribution in [2.75, 3.05) is 11.4 Å². The lowest BCUT2D eigenvalue weighted by Crippen LogP contribution is -2.25. The molecule has 6 heteroatoms. The van der Waals surface area contributed by atoms with Gasteiger partial charge in [-0.05, 0) is 36.2 Å². The van der Waals surface area contributed by atoms with Gasteiger partial charge in [0.25, 0.3) is 0 Å². The molecular formula is C18H15N3O3. The third kappa shape index (κ3) is 2.15. The Labute approximate surface area is 138 Å². The number of benzene rings is 1. The molecule has 3 aromatic rings. The minimum absolute atomic E-state index is 0.0420. The maximum Gasteiger partial charge on any atom is 0.339 e. The Morgan fingerprint density at radius 3 is 2.83 bits per heavy atom. The highest BCUT2D eigenvalue weighted by molar-refractivity contribution is 5.95. The lowest BCUT2D eigenvalue weighted by atomic mass is 10.1. The van der Waals surface area contributed by atoms with E-state index in [0.29, 0.717) is 17.9 Å². The highest BCUT2D eigenvalue weighted by Crippen LogP contribution is 2.32. The Morgan fingerprint density at radius 1 is 1.25 bits per heavy atom. The van der Waals surface area contributed by atoms with Crippen LogP contribution in [0.15, 0.2) is 42.7 Å². The van der Waals surface area contributed by atoms with Crippen LogP contribution in [0.25, 0.3) is 16.9 Å². The van der Waals surface area contributed by atoms with Crippen LogP contribution >= 0.6 is 0 Å². The number of nitrogens with zero attached hydrogens (tertiary/aromatic N) is 3. The van der Waals surface area contributed by atoms with E-state index in [-0.39, 0.29) is 11.5 Å². The summed E-state index contributed by atoms with van der Waals surface area (Å²) in [6, 6.07) is 9.11. The highest BCUT2D eigenvalue weighted by atomic mass is 16.4. The molecule has 6 nitrogen and oxygen atoms in total. The smallest absolute Gasteiger partial charge is 0.339 e. The molecule has 3 heterocycles. The monoisotopic (exact) mass is 321 g/mol. The van der Waals surface area contributed by atoms with Gasteiger partial charge < -0.3 is 14.4 Å². The van der Waals surface area contributed by atoms with Crippen LogP contribution in [0.1, 0.15) is 22.8 Å². The van der Waals surface area contributed by atoms with E-state index in [1.165, 1.54) is 0 Å². The third-order valence-corrected chi connectivity index (χ3v) is 4.36. The zero-order valence-corrected chi connectivity index (χ0v) is 13.1. The number of anilines is 1. The van der Waals surface area contributed by atoms with Gasteiger partial charge in [0.2, 0.25) is 5.91 Å². The van der Waals surface area contributed by atoms with Crippen molar-refractivity contribution >= 4 is 23.2 Å². The number of amides is 1. The summed E-state index contributed by atoms with van der Waals surface area (Å²) >= 11 is 0. The minimum atomic E-state index is -0.996. The summed E-state index contributed by atoms with van der Waals surface area (Å²) in [5, 5.41) is 9.28. The van der Waals surface area contributed by atoms with Crippen molar-refractivity contribution in [3.8, 4) is 11.3 Å². The summed E-state index contributed by atoms with van der Waals surface area (Å²) in [6.07, 6.45) is 4.42. The van der Waals surface area contributed by atoms with E-state index in [2.05, 4.69) is 4.98 Å². The first-order chi connectivity index (χ1) is 11.5. The maximum absolute atomic E-state index is 11.6. The molecular weight excluding hydrogens is 306 g/mol. The molecule has 0 radical (unpaired) electrons. The average Bonchev–Trinajstić information content (AvgIpc) is 3.17. The summed E-state index contributed by atoms with van der Waals surface area (Å²) in [5.74, 6) is -0.955. The first kappa shape index (κ1) is 14.4. The summed E-state index contributed by atoms with van der Waals surface area (Å²) in [7, 11) is 0. The Bertz CT molecular complexity index is 990. The van der Waals surface area contributed by atoms with Crippen LogP contribution in [0, 0.1) is 0 Å². The van der Waals surface area contributed by atoms with Gasteiger partial charge in [-0.1, -0.05) is 6.07 Å². The van der Waals surface area contributed by atoms with Crippen LogP contribution in [0.4, 0.5) is 5.69 Å². The average molecular weight is 321 g/mol. The second kappa shape index (κ2) is 5.19. The number of carboxylic acids is 1. The lowest BCUT2D eigenvalue weighted by Gasteiger charge is -2.14. The van der Waals surface area contributed by atoms with Gasteiger partial charge in [-0.25, -0.2) is 9.78 Å². The summed E-state index contributed by atoms with van der Waals surface area (Å²) in [4.78, 5) is 29.2. The molecule has 1 N–H and O–H groups in total. The molecule has 1 amide bonds. The molecule has 0 aliphatic carbocycles. The number of carboxylic acid groups (broad SMARTS) is 1. The quantitative estimate of drug-likeness (QED) is 0.787. The number of imidazole rings is 1. The zero-order chi connectivity index (χ0) is 16.8. The van der Waals surface area contributed by atoms with Crippen molar-refractivity contribution in [1.82, 2.24) is 9.38 Å². The first-order valence-electron chi connectivity index (χ1n) is 7.67. The van der Waals surface area contributed by atoms with Crippen molar-refractivity contribution in [2.45, 2.75) is 13.3 Å². The molecule has 1 aromatic carbocycles. The fraction of sp³-hybridized carbons (Fsp3) is 0.167. The van der Waals surface area contributed by atoms with Gasteiger partial charge in [-0.2, -0.15) is 0 Å². The third-order valence-electron chi connectivity index (χ3n) is 4.36. The summed E-state index contributed by atoms with van der Waals surface area (Å²) in [6.45, 7) is 2.26. The Kier molecular flexibility index (Phi) is 3.13. The predicted molar refractivity (Wildman–Crippen MR) is 89.3 cm³/mol. The molecule has 0 saturated heterocycles. The molecule has 2 aromatic heterocycles. The molecule has 0 atom stereocenters. The van der Waals surface area contributed by atoms with E-state index in [1.54, 1.807) is 34.6 Å². The van der Waals surface area contributed by atoms with Gasteiger partial charge in [0.05, 0.1) is 5.69 Å². The molecule has 0 saturated carbocycles. The Balaban J connectivity index is 1.80. The van der Waals surface area contributed by atoms with Crippen LogP contribution in [0.5, 0.6) is 0 Å². The number of aromatic carboxylic acids is 1. The summed E-state index contributed by atoms with van der Waals surface area (Å²) < 4.78 is 1.72. The maximum atomic E-state index is 11.6. The van der Waals surface area contributed by atoms with E-state index in [4.69, 9.17) is 0 Å². The zero-order valence-electron chi connectivity index (χ0n) is 13.1. The number of carbonyl (C=O) groups is 2. The second-order valence-electron chi connectivity index (χ2n) is 5.85. The molecule has 1 aliphatic rings. The number of hydrogen-bond acceptors (Lipinski definition) is 3. The number of aromatic nitrogens is 2. The van der Waals surface area contributed by atoms with Gasteiger partial charge in [-0.15, -0.1) is 0 Å². The van der Waals surface area contributed by atoms with Crippen molar-refractivity contribution < 1.29 is 14.7 Å². The fourth-order valence-electron chi connectivity index (χ4n) is 3.21. The fourth-order valence-corrected chi connectivity index (χ4v) is 3.21. The molecule has 1 aliphatic heterocycles. The van der Waals surface area contributed by atoms with Crippen LogP contribution in [-0.2, 0) is 11.2 Å². The number of rotatable bonds is 2. The van der Waals surface area contributed by atoms with Gasteiger partial charge >= 0.3 is 5.97 Å².